The van der Waals surface area contributed by atoms with Gasteiger partial charge < -0.3 is 4.74 Å². The van der Waals surface area contributed by atoms with Gasteiger partial charge in [0.05, 0.1) is 0 Å². The summed E-state index contributed by atoms with van der Waals surface area (Å²) in [5.74, 6) is -1.21. The predicted molar refractivity (Wildman–Crippen MR) is 32.4 cm³/mol. The highest BCUT2D eigenvalue weighted by atomic mass is 35.6. The third-order valence-corrected chi connectivity index (χ3v) is 0.544. The van der Waals surface area contributed by atoms with Crippen LogP contribution in [0.2, 0.25) is 0 Å². The minimum Gasteiger partial charge on any atom is -0.409 e. The first-order valence-electron chi connectivity index (χ1n) is 1.70. The van der Waals surface area contributed by atoms with Crippen molar-refractivity contribution in [2.24, 2.45) is 0 Å². The van der Waals surface area contributed by atoms with Gasteiger partial charge in [0, 0.05) is 0 Å². The van der Waals surface area contributed by atoms with Gasteiger partial charge in [0.1, 0.15) is 0 Å². The summed E-state index contributed by atoms with van der Waals surface area (Å²) in [6.45, 7) is 0. The quantitative estimate of drug-likeness (QED) is 0.269. The highest BCUT2D eigenvalue weighted by Crippen LogP contribution is 2.26. The van der Waals surface area contributed by atoms with Crippen LogP contribution in [-0.4, -0.2) is 16.2 Å². The fourth-order valence-corrected chi connectivity index (χ4v) is 0.366. The molecule has 0 saturated carbocycles. The van der Waals surface area contributed by atoms with Gasteiger partial charge in [-0.2, -0.15) is 0 Å². The largest absolute Gasteiger partial charge is 0.409 e. The predicted octanol–water partition coefficient (Wildman–Crippen LogP) is 1.06. The number of alkyl halides is 3. The molecular weight excluding hydrogens is 190 g/mol. The zero-order chi connectivity index (χ0) is 7.49. The van der Waals surface area contributed by atoms with Crippen molar-refractivity contribution in [2.45, 2.75) is 3.98 Å². The second-order valence-electron chi connectivity index (χ2n) is 0.985. The summed E-state index contributed by atoms with van der Waals surface area (Å²) in [4.78, 5) is 19.5. The number of halogens is 3. The first-order chi connectivity index (χ1) is 3.95. The monoisotopic (exact) mass is 190 g/mol. The average molecular weight is 191 g/mol. The van der Waals surface area contributed by atoms with Crippen LogP contribution >= 0.6 is 34.8 Å². The van der Waals surface area contributed by atoms with E-state index in [0.717, 1.165) is 0 Å². The summed E-state index contributed by atoms with van der Waals surface area (Å²) >= 11 is 14.8. The molecule has 6 heteroatoms. The summed E-state index contributed by atoms with van der Waals surface area (Å²) in [5.41, 5.74) is 0. The molecule has 0 aromatic carbocycles. The lowest BCUT2D eigenvalue weighted by atomic mass is 10.8. The second-order valence-corrected chi connectivity index (χ2v) is 3.16. The van der Waals surface area contributed by atoms with Gasteiger partial charge in [0.2, 0.25) is 6.29 Å². The average Bonchev–Trinajstić information content (AvgIpc) is 1.62. The zero-order valence-corrected chi connectivity index (χ0v) is 6.20. The summed E-state index contributed by atoms with van der Waals surface area (Å²) in [6, 6.07) is 0. The Morgan fingerprint density at radius 3 is 2.00 bits per heavy atom. The molecule has 0 radical (unpaired) electrons. The molecule has 0 N–H and O–H groups in total. The van der Waals surface area contributed by atoms with Crippen molar-refractivity contribution in [2.75, 3.05) is 0 Å². The van der Waals surface area contributed by atoms with Crippen LogP contribution in [0.4, 0.5) is 0 Å². The first-order valence-corrected chi connectivity index (χ1v) is 2.84. The number of hydrogen-bond acceptors (Lipinski definition) is 3. The van der Waals surface area contributed by atoms with Crippen LogP contribution in [0.15, 0.2) is 0 Å². The van der Waals surface area contributed by atoms with Crippen molar-refractivity contribution >= 4 is 47.1 Å². The smallest absolute Gasteiger partial charge is 0.374 e. The van der Waals surface area contributed by atoms with Crippen LogP contribution in [0.25, 0.3) is 0 Å². The van der Waals surface area contributed by atoms with Crippen molar-refractivity contribution in [3.63, 3.8) is 0 Å². The van der Waals surface area contributed by atoms with E-state index in [2.05, 4.69) is 4.74 Å². The molecule has 0 aliphatic carbocycles. The fraction of sp³-hybridized carbons (Fsp3) is 0.333. The molecule has 3 nitrogen and oxygen atoms in total. The maximum Gasteiger partial charge on any atom is 0.374 e. The Kier molecular flexibility index (Phi) is 3.25. The Labute approximate surface area is 65.8 Å². The van der Waals surface area contributed by atoms with E-state index >= 15 is 0 Å². The van der Waals surface area contributed by atoms with Gasteiger partial charge in [0.25, 0.3) is 0 Å². The number of ether oxygens (including phenoxy) is 1. The molecule has 52 valence electrons. The molecule has 0 saturated heterocycles. The van der Waals surface area contributed by atoms with Crippen molar-refractivity contribution in [3.8, 4) is 0 Å². The number of carbonyl (C=O) groups is 2. The summed E-state index contributed by atoms with van der Waals surface area (Å²) in [7, 11) is 0. The van der Waals surface area contributed by atoms with E-state index in [0.29, 0.717) is 0 Å². The van der Waals surface area contributed by atoms with Crippen LogP contribution in [0, 0.1) is 0 Å². The maximum atomic E-state index is 9.98. The standard InChI is InChI=1S/C3HCl3O3/c4-3(5,6)9-2(8)1-7/h1H. The summed E-state index contributed by atoms with van der Waals surface area (Å²) in [6.07, 6.45) is -0.0953. The van der Waals surface area contributed by atoms with E-state index in [1.807, 2.05) is 0 Å². The summed E-state index contributed by atoms with van der Waals surface area (Å²) in [5, 5.41) is 0. The van der Waals surface area contributed by atoms with Crippen LogP contribution < -0.4 is 0 Å². The van der Waals surface area contributed by atoms with Crippen LogP contribution in [0.1, 0.15) is 0 Å². The summed E-state index contributed by atoms with van der Waals surface area (Å²) < 4.78 is 1.74. The lowest BCUT2D eigenvalue weighted by Gasteiger charge is -2.07. The molecular formula is C3HCl3O3. The molecule has 0 atom stereocenters. The molecule has 0 aliphatic heterocycles. The third kappa shape index (κ3) is 5.89. The van der Waals surface area contributed by atoms with E-state index in [1.165, 1.54) is 0 Å². The number of rotatable bonds is 1. The fourth-order valence-electron chi connectivity index (χ4n) is 0.138. The van der Waals surface area contributed by atoms with Gasteiger partial charge in [0.15, 0.2) is 0 Å². The van der Waals surface area contributed by atoms with E-state index in [4.69, 9.17) is 34.8 Å². The molecule has 0 fully saturated rings. The molecule has 0 spiro atoms. The van der Waals surface area contributed by atoms with Gasteiger partial charge in [-0.05, 0) is 34.8 Å². The van der Waals surface area contributed by atoms with Crippen molar-refractivity contribution in [1.29, 1.82) is 0 Å². The number of esters is 1. The number of carbonyl (C=O) groups excluding carboxylic acids is 2. The molecule has 0 bridgehead atoms. The number of aldehydes is 1. The zero-order valence-electron chi connectivity index (χ0n) is 3.94. The van der Waals surface area contributed by atoms with Gasteiger partial charge in [-0.1, -0.05) is 0 Å². The van der Waals surface area contributed by atoms with Gasteiger partial charge in [-0.25, -0.2) is 4.79 Å². The lowest BCUT2D eigenvalue weighted by molar-refractivity contribution is -0.149. The molecule has 0 amide bonds. The van der Waals surface area contributed by atoms with E-state index in [-0.39, 0.29) is 6.29 Å². The normalized spacial score (nSPS) is 10.6. The molecule has 0 heterocycles. The van der Waals surface area contributed by atoms with Gasteiger partial charge in [-0.3, -0.25) is 4.79 Å². The van der Waals surface area contributed by atoms with Crippen LogP contribution in [0.5, 0.6) is 0 Å². The van der Waals surface area contributed by atoms with Gasteiger partial charge in [-0.15, -0.1) is 0 Å². The molecule has 0 unspecified atom stereocenters. The SMILES string of the molecule is O=CC(=O)OC(Cl)(Cl)Cl. The molecule has 0 aromatic rings. The van der Waals surface area contributed by atoms with Crippen molar-refractivity contribution in [1.82, 2.24) is 0 Å². The highest BCUT2D eigenvalue weighted by Gasteiger charge is 2.24. The molecule has 0 aromatic heterocycles. The second kappa shape index (κ2) is 3.25. The minimum absolute atomic E-state index is 0.0953. The maximum absolute atomic E-state index is 9.98. The minimum atomic E-state index is -2.14. The highest BCUT2D eigenvalue weighted by molar-refractivity contribution is 6.66. The molecule has 0 aliphatic rings. The third-order valence-electron chi connectivity index (χ3n) is 0.313. The van der Waals surface area contributed by atoms with E-state index < -0.39 is 9.95 Å². The molecule has 9 heavy (non-hydrogen) atoms. The Morgan fingerprint density at radius 1 is 1.44 bits per heavy atom. The van der Waals surface area contributed by atoms with Crippen LogP contribution in [0.3, 0.4) is 0 Å². The number of hydrogen-bond donors (Lipinski definition) is 0. The van der Waals surface area contributed by atoms with Crippen molar-refractivity contribution < 1.29 is 14.3 Å². The Hall–Kier alpha value is 0.01000. The van der Waals surface area contributed by atoms with Crippen LogP contribution in [-0.2, 0) is 14.3 Å². The van der Waals surface area contributed by atoms with Crippen molar-refractivity contribution in [3.05, 3.63) is 0 Å². The van der Waals surface area contributed by atoms with E-state index in [9.17, 15) is 9.59 Å². The lowest BCUT2D eigenvalue weighted by Crippen LogP contribution is -2.16. The first kappa shape index (κ1) is 9.01. The van der Waals surface area contributed by atoms with Gasteiger partial charge >= 0.3 is 9.95 Å². The molecule has 0 rings (SSSR count). The topological polar surface area (TPSA) is 43.4 Å². The Bertz CT molecular complexity index is 127. The van der Waals surface area contributed by atoms with E-state index in [1.54, 1.807) is 0 Å². The Balaban J connectivity index is 3.74. The Morgan fingerprint density at radius 2 is 1.89 bits per heavy atom.